The molecule has 0 unspecified atom stereocenters. The molecule has 0 radical (unpaired) electrons. The molecule has 1 N–H and O–H groups in total. The van der Waals surface area contributed by atoms with Gasteiger partial charge >= 0.3 is 0 Å². The van der Waals surface area contributed by atoms with Crippen molar-refractivity contribution in [3.63, 3.8) is 0 Å². The van der Waals surface area contributed by atoms with Crippen molar-refractivity contribution in [2.75, 3.05) is 0 Å². The monoisotopic (exact) mass is 275 g/mol. The van der Waals surface area contributed by atoms with Crippen LogP contribution in [0.25, 0.3) is 5.52 Å². The second-order valence-corrected chi connectivity index (χ2v) is 3.56. The fraction of sp³-hybridized carbons (Fsp3) is 0.143. The highest BCUT2D eigenvalue weighted by atomic mass is 127. The van der Waals surface area contributed by atoms with E-state index in [0.29, 0.717) is 5.52 Å². The highest BCUT2D eigenvalue weighted by Gasteiger charge is 2.08. The van der Waals surface area contributed by atoms with E-state index < -0.39 is 0 Å². The molecular weight excluding hydrogens is 269 g/mol. The number of nitrogens with zero attached hydrogens (tertiary/aromatic N) is 2. The van der Waals surface area contributed by atoms with Crippen molar-refractivity contribution in [1.82, 2.24) is 14.6 Å². The van der Waals surface area contributed by atoms with Gasteiger partial charge in [0.15, 0.2) is 0 Å². The molecule has 0 aliphatic carbocycles. The molecule has 2 aromatic rings. The number of aromatic nitrogens is 3. The number of fused-ring (bicyclic) bond motifs is 1. The van der Waals surface area contributed by atoms with E-state index in [-0.39, 0.29) is 5.56 Å². The minimum atomic E-state index is -0.0949. The summed E-state index contributed by atoms with van der Waals surface area (Å²) in [4.78, 5) is 13.9. The van der Waals surface area contributed by atoms with Crippen LogP contribution in [0.5, 0.6) is 0 Å². The summed E-state index contributed by atoms with van der Waals surface area (Å²) in [5.74, 6) is 0. The summed E-state index contributed by atoms with van der Waals surface area (Å²) in [5, 5.41) is 4.16. The lowest BCUT2D eigenvalue weighted by Gasteiger charge is -1.88. The first-order valence-corrected chi connectivity index (χ1v) is 4.50. The van der Waals surface area contributed by atoms with Gasteiger partial charge in [0, 0.05) is 12.4 Å². The number of halogens is 1. The SMILES string of the molecule is Cc1nn2cc[nH]c(=O)c2c1I. The molecule has 0 spiro atoms. The molecule has 2 aromatic heterocycles. The second kappa shape index (κ2) is 2.58. The minimum Gasteiger partial charge on any atom is -0.326 e. The topological polar surface area (TPSA) is 50.2 Å². The van der Waals surface area contributed by atoms with Gasteiger partial charge < -0.3 is 4.98 Å². The highest BCUT2D eigenvalue weighted by Crippen LogP contribution is 2.12. The number of nitrogens with one attached hydrogen (secondary N) is 1. The van der Waals surface area contributed by atoms with Gasteiger partial charge in [0.2, 0.25) is 0 Å². The molecule has 0 aliphatic heterocycles. The summed E-state index contributed by atoms with van der Waals surface area (Å²) >= 11 is 2.12. The fourth-order valence-corrected chi connectivity index (χ4v) is 1.69. The fourth-order valence-electron chi connectivity index (χ4n) is 1.09. The largest absolute Gasteiger partial charge is 0.326 e. The number of H-pyrrole nitrogens is 1. The van der Waals surface area contributed by atoms with Crippen LogP contribution in [0.1, 0.15) is 5.69 Å². The first-order valence-electron chi connectivity index (χ1n) is 3.42. The Labute approximate surface area is 81.7 Å². The van der Waals surface area contributed by atoms with Crippen LogP contribution >= 0.6 is 22.6 Å². The maximum atomic E-state index is 11.3. The Hall–Kier alpha value is -0.850. The van der Waals surface area contributed by atoms with Gasteiger partial charge in [0.05, 0.1) is 9.26 Å². The molecule has 2 heterocycles. The number of rotatable bonds is 0. The van der Waals surface area contributed by atoms with Gasteiger partial charge in [-0.1, -0.05) is 0 Å². The standard InChI is InChI=1S/C7H6IN3O/c1-4-5(8)6-7(12)9-2-3-11(6)10-4/h2-3H,1H3,(H,9,12). The van der Waals surface area contributed by atoms with E-state index in [2.05, 4.69) is 32.7 Å². The van der Waals surface area contributed by atoms with Crippen LogP contribution in [0.2, 0.25) is 0 Å². The van der Waals surface area contributed by atoms with Crippen LogP contribution in [0.3, 0.4) is 0 Å². The van der Waals surface area contributed by atoms with Crippen molar-refractivity contribution in [3.8, 4) is 0 Å². The first kappa shape index (κ1) is 7.78. The summed E-state index contributed by atoms with van der Waals surface area (Å²) in [6.07, 6.45) is 3.31. The van der Waals surface area contributed by atoms with Crippen LogP contribution < -0.4 is 5.56 Å². The molecule has 12 heavy (non-hydrogen) atoms. The van der Waals surface area contributed by atoms with Gasteiger partial charge in [0.1, 0.15) is 5.52 Å². The lowest BCUT2D eigenvalue weighted by molar-refractivity contribution is 0.914. The van der Waals surface area contributed by atoms with E-state index in [9.17, 15) is 4.79 Å². The summed E-state index contributed by atoms with van der Waals surface area (Å²) in [6, 6.07) is 0. The Balaban J connectivity index is 3.07. The number of aryl methyl sites for hydroxylation is 1. The Morgan fingerprint density at radius 2 is 2.42 bits per heavy atom. The molecule has 0 bridgehead atoms. The molecule has 0 aromatic carbocycles. The summed E-state index contributed by atoms with van der Waals surface area (Å²) in [5.41, 5.74) is 1.41. The third kappa shape index (κ3) is 0.961. The molecule has 5 heteroatoms. The molecule has 2 rings (SSSR count). The molecule has 0 amide bonds. The number of hydrogen-bond acceptors (Lipinski definition) is 2. The molecule has 62 valence electrons. The quantitative estimate of drug-likeness (QED) is 0.727. The van der Waals surface area contributed by atoms with Crippen molar-refractivity contribution in [2.24, 2.45) is 0 Å². The molecule has 0 saturated heterocycles. The average Bonchev–Trinajstić information content (AvgIpc) is 2.29. The van der Waals surface area contributed by atoms with Crippen molar-refractivity contribution < 1.29 is 0 Å². The van der Waals surface area contributed by atoms with E-state index >= 15 is 0 Å². The first-order chi connectivity index (χ1) is 5.70. The molecular formula is C7H6IN3O. The van der Waals surface area contributed by atoms with Crippen LogP contribution in [0.15, 0.2) is 17.2 Å². The van der Waals surface area contributed by atoms with Gasteiger partial charge in [0.25, 0.3) is 5.56 Å². The van der Waals surface area contributed by atoms with E-state index in [0.717, 1.165) is 9.26 Å². The average molecular weight is 275 g/mol. The van der Waals surface area contributed by atoms with E-state index in [4.69, 9.17) is 0 Å². The zero-order valence-corrected chi connectivity index (χ0v) is 8.49. The van der Waals surface area contributed by atoms with E-state index in [1.54, 1.807) is 16.9 Å². The van der Waals surface area contributed by atoms with Crippen LogP contribution in [0.4, 0.5) is 0 Å². The van der Waals surface area contributed by atoms with Crippen molar-refractivity contribution >= 4 is 28.1 Å². The summed E-state index contributed by atoms with van der Waals surface area (Å²) in [6.45, 7) is 1.88. The normalized spacial score (nSPS) is 10.8. The van der Waals surface area contributed by atoms with Crippen molar-refractivity contribution in [2.45, 2.75) is 6.92 Å². The Bertz CT molecular complexity index is 485. The molecule has 0 fully saturated rings. The predicted octanol–water partition coefficient (Wildman–Crippen LogP) is 0.936. The van der Waals surface area contributed by atoms with Gasteiger partial charge in [-0.25, -0.2) is 4.52 Å². The van der Waals surface area contributed by atoms with Crippen LogP contribution in [-0.4, -0.2) is 14.6 Å². The van der Waals surface area contributed by atoms with Crippen molar-refractivity contribution in [1.29, 1.82) is 0 Å². The molecule has 0 aliphatic rings. The van der Waals surface area contributed by atoms with Gasteiger partial charge in [-0.2, -0.15) is 5.10 Å². The maximum Gasteiger partial charge on any atom is 0.275 e. The minimum absolute atomic E-state index is 0.0949. The maximum absolute atomic E-state index is 11.3. The van der Waals surface area contributed by atoms with Crippen LogP contribution in [-0.2, 0) is 0 Å². The Kier molecular flexibility index (Phi) is 1.67. The summed E-state index contributed by atoms with van der Waals surface area (Å²) in [7, 11) is 0. The van der Waals surface area contributed by atoms with Crippen molar-refractivity contribution in [3.05, 3.63) is 32.0 Å². The molecule has 0 saturated carbocycles. The Morgan fingerprint density at radius 3 is 3.08 bits per heavy atom. The van der Waals surface area contributed by atoms with Gasteiger partial charge in [-0.3, -0.25) is 4.79 Å². The third-order valence-corrected chi connectivity index (χ3v) is 2.95. The smallest absolute Gasteiger partial charge is 0.275 e. The lowest BCUT2D eigenvalue weighted by atomic mass is 10.4. The highest BCUT2D eigenvalue weighted by molar-refractivity contribution is 14.1. The zero-order chi connectivity index (χ0) is 8.72. The zero-order valence-electron chi connectivity index (χ0n) is 6.34. The second-order valence-electron chi connectivity index (χ2n) is 2.48. The summed E-state index contributed by atoms with van der Waals surface area (Å²) < 4.78 is 2.50. The lowest BCUT2D eigenvalue weighted by Crippen LogP contribution is -2.08. The predicted molar refractivity (Wildman–Crippen MR) is 53.3 cm³/mol. The van der Waals surface area contributed by atoms with E-state index in [1.807, 2.05) is 6.92 Å². The molecule has 0 atom stereocenters. The molecule has 4 nitrogen and oxygen atoms in total. The van der Waals surface area contributed by atoms with Gasteiger partial charge in [-0.15, -0.1) is 0 Å². The van der Waals surface area contributed by atoms with Gasteiger partial charge in [-0.05, 0) is 29.5 Å². The van der Waals surface area contributed by atoms with E-state index in [1.165, 1.54) is 0 Å². The number of aromatic amines is 1. The van der Waals surface area contributed by atoms with Crippen LogP contribution in [0, 0.1) is 10.5 Å². The number of hydrogen-bond donors (Lipinski definition) is 1. The Morgan fingerprint density at radius 1 is 1.67 bits per heavy atom. The third-order valence-electron chi connectivity index (χ3n) is 1.66.